The Bertz CT molecular complexity index is 1450. The molecule has 37 heavy (non-hydrogen) atoms. The van der Waals surface area contributed by atoms with E-state index >= 15 is 0 Å². The summed E-state index contributed by atoms with van der Waals surface area (Å²) in [6.45, 7) is 4.50. The Balaban J connectivity index is 1.40. The normalized spacial score (nSPS) is 13.5. The lowest BCUT2D eigenvalue weighted by Gasteiger charge is -2.37. The van der Waals surface area contributed by atoms with Crippen LogP contribution >= 0.6 is 11.6 Å². The molecule has 0 bridgehead atoms. The molecule has 1 aliphatic heterocycles. The quantitative estimate of drug-likeness (QED) is 0.416. The lowest BCUT2D eigenvalue weighted by molar-refractivity contribution is 0.0746. The van der Waals surface area contributed by atoms with Crippen molar-refractivity contribution < 1.29 is 4.79 Å². The summed E-state index contributed by atoms with van der Waals surface area (Å²) in [4.78, 5) is 34.9. The highest BCUT2D eigenvalue weighted by Crippen LogP contribution is 2.25. The molecule has 2 aromatic carbocycles. The number of benzene rings is 2. The highest BCUT2D eigenvalue weighted by molar-refractivity contribution is 6.31. The van der Waals surface area contributed by atoms with Gasteiger partial charge in [0.15, 0.2) is 0 Å². The van der Waals surface area contributed by atoms with Crippen LogP contribution in [0.15, 0.2) is 84.0 Å². The van der Waals surface area contributed by atoms with Crippen LogP contribution in [0.1, 0.15) is 21.5 Å². The summed E-state index contributed by atoms with van der Waals surface area (Å²) in [6, 6.07) is 18.6. The number of piperazine rings is 1. The predicted octanol–water partition coefficient (Wildman–Crippen LogP) is 4.16. The average molecular weight is 515 g/mol. The highest BCUT2D eigenvalue weighted by atomic mass is 35.5. The van der Waals surface area contributed by atoms with Crippen LogP contribution in [0.3, 0.4) is 0 Å². The number of carbonyl (C=O) groups excluding carboxylic acids is 1. The van der Waals surface area contributed by atoms with Gasteiger partial charge >= 0.3 is 0 Å². The third kappa shape index (κ3) is 5.20. The van der Waals surface area contributed by atoms with Gasteiger partial charge in [-0.25, -0.2) is 0 Å². The van der Waals surface area contributed by atoms with Crippen LogP contribution in [-0.4, -0.2) is 51.8 Å². The van der Waals surface area contributed by atoms with E-state index in [0.29, 0.717) is 60.4 Å². The second-order valence-electron chi connectivity index (χ2n) is 8.86. The van der Waals surface area contributed by atoms with Gasteiger partial charge in [-0.05, 0) is 48.4 Å². The first-order chi connectivity index (χ1) is 18.0. The number of nitrogens with one attached hydrogen (secondary N) is 1. The van der Waals surface area contributed by atoms with E-state index in [1.807, 2.05) is 60.4 Å². The van der Waals surface area contributed by atoms with Crippen molar-refractivity contribution >= 4 is 28.9 Å². The number of halogens is 1. The Hall–Kier alpha value is -4.17. The van der Waals surface area contributed by atoms with E-state index in [9.17, 15) is 9.59 Å². The molecule has 188 valence electrons. The summed E-state index contributed by atoms with van der Waals surface area (Å²) < 4.78 is 1.40. The fourth-order valence-corrected chi connectivity index (χ4v) is 4.63. The monoisotopic (exact) mass is 514 g/mol. The minimum absolute atomic E-state index is 0.0350. The number of hydrogen-bond donors (Lipinski definition) is 1. The minimum Gasteiger partial charge on any atom is -0.375 e. The van der Waals surface area contributed by atoms with Gasteiger partial charge in [0.2, 0.25) is 0 Å². The number of aromatic nitrogens is 3. The molecule has 1 aliphatic rings. The number of carbonyl (C=O) groups is 1. The molecule has 4 aromatic rings. The molecule has 1 fully saturated rings. The van der Waals surface area contributed by atoms with Gasteiger partial charge in [-0.15, -0.1) is 0 Å². The van der Waals surface area contributed by atoms with Crippen LogP contribution in [0.25, 0.3) is 5.69 Å². The third-order valence-electron chi connectivity index (χ3n) is 6.56. The summed E-state index contributed by atoms with van der Waals surface area (Å²) in [5.41, 5.74) is 4.00. The Morgan fingerprint density at radius 3 is 2.49 bits per heavy atom. The van der Waals surface area contributed by atoms with Crippen LogP contribution in [-0.2, 0) is 6.54 Å². The first kappa shape index (κ1) is 24.5. The topological polar surface area (TPSA) is 83.4 Å². The van der Waals surface area contributed by atoms with Crippen LogP contribution in [0, 0.1) is 6.92 Å². The minimum atomic E-state index is -0.236. The summed E-state index contributed by atoms with van der Waals surface area (Å²) in [6.07, 6.45) is 5.21. The van der Waals surface area contributed by atoms with Gasteiger partial charge in [-0.1, -0.05) is 41.9 Å². The van der Waals surface area contributed by atoms with Crippen molar-refractivity contribution in [1.29, 1.82) is 0 Å². The Kier molecular flexibility index (Phi) is 7.18. The van der Waals surface area contributed by atoms with Crippen molar-refractivity contribution in [2.24, 2.45) is 0 Å². The maximum absolute atomic E-state index is 13.6. The fourth-order valence-electron chi connectivity index (χ4n) is 4.46. The molecule has 2 aromatic heterocycles. The maximum Gasteiger partial charge on any atom is 0.296 e. The number of pyridine rings is 1. The largest absolute Gasteiger partial charge is 0.375 e. The number of amides is 1. The molecule has 9 heteroatoms. The lowest BCUT2D eigenvalue weighted by atomic mass is 10.1. The zero-order chi connectivity index (χ0) is 25.8. The van der Waals surface area contributed by atoms with Gasteiger partial charge in [-0.2, -0.15) is 9.78 Å². The van der Waals surface area contributed by atoms with E-state index in [1.165, 1.54) is 4.68 Å². The van der Waals surface area contributed by atoms with Gasteiger partial charge in [-0.3, -0.25) is 14.6 Å². The number of para-hydroxylation sites is 1. The zero-order valence-electron chi connectivity index (χ0n) is 20.5. The zero-order valence-corrected chi connectivity index (χ0v) is 21.2. The van der Waals surface area contributed by atoms with Crippen LogP contribution in [0.4, 0.5) is 11.4 Å². The third-order valence-corrected chi connectivity index (χ3v) is 6.97. The summed E-state index contributed by atoms with van der Waals surface area (Å²) >= 11 is 6.23. The molecule has 0 radical (unpaired) electrons. The highest BCUT2D eigenvalue weighted by Gasteiger charge is 2.26. The molecule has 8 nitrogen and oxygen atoms in total. The van der Waals surface area contributed by atoms with E-state index in [2.05, 4.69) is 20.3 Å². The van der Waals surface area contributed by atoms with E-state index in [0.717, 1.165) is 11.1 Å². The van der Waals surface area contributed by atoms with Gasteiger partial charge in [0.25, 0.3) is 11.5 Å². The SMILES string of the molecule is Cc1c(Cl)cccc1C(=O)N1CCN(c2cnn(-c3ccccc3)c(=O)c2NCc2cccnc2)CC1. The average Bonchev–Trinajstić information content (AvgIpc) is 2.94. The number of nitrogens with zero attached hydrogens (tertiary/aromatic N) is 5. The van der Waals surface area contributed by atoms with E-state index in [1.54, 1.807) is 30.7 Å². The molecule has 1 saturated heterocycles. The summed E-state index contributed by atoms with van der Waals surface area (Å²) in [5.74, 6) is -0.0350. The van der Waals surface area contributed by atoms with E-state index in [-0.39, 0.29) is 11.5 Å². The molecule has 0 aliphatic carbocycles. The Labute approximate surface area is 220 Å². The summed E-state index contributed by atoms with van der Waals surface area (Å²) in [7, 11) is 0. The van der Waals surface area contributed by atoms with Crippen molar-refractivity contribution in [3.8, 4) is 5.69 Å². The first-order valence-electron chi connectivity index (χ1n) is 12.1. The number of hydrogen-bond acceptors (Lipinski definition) is 6. The van der Waals surface area contributed by atoms with Gasteiger partial charge < -0.3 is 15.1 Å². The fraction of sp³-hybridized carbons (Fsp3) is 0.214. The van der Waals surface area contributed by atoms with E-state index < -0.39 is 0 Å². The second-order valence-corrected chi connectivity index (χ2v) is 9.27. The Morgan fingerprint density at radius 1 is 0.973 bits per heavy atom. The molecule has 3 heterocycles. The molecule has 0 spiro atoms. The van der Waals surface area contributed by atoms with Crippen molar-refractivity contribution in [1.82, 2.24) is 19.7 Å². The van der Waals surface area contributed by atoms with Crippen LogP contribution in [0.5, 0.6) is 0 Å². The smallest absolute Gasteiger partial charge is 0.296 e. The molecule has 0 saturated carbocycles. The summed E-state index contributed by atoms with van der Waals surface area (Å²) in [5, 5.41) is 8.39. The molecular formula is C28H27ClN6O2. The van der Waals surface area contributed by atoms with Crippen molar-refractivity contribution in [2.75, 3.05) is 36.4 Å². The molecule has 0 atom stereocenters. The van der Waals surface area contributed by atoms with Crippen LogP contribution < -0.4 is 15.8 Å². The number of anilines is 2. The van der Waals surface area contributed by atoms with Gasteiger partial charge in [0, 0.05) is 55.7 Å². The standard InChI is InChI=1S/C28H27ClN6O2/c1-20-23(10-5-11-24(20)29)27(36)34-15-13-33(14-16-34)25-19-32-35(22-8-3-2-4-9-22)28(37)26(25)31-18-21-7-6-12-30-17-21/h2-12,17,19,31H,13-16,18H2,1H3. The molecule has 1 N–H and O–H groups in total. The molecule has 5 rings (SSSR count). The van der Waals surface area contributed by atoms with Gasteiger partial charge in [0.1, 0.15) is 5.69 Å². The molecular weight excluding hydrogens is 488 g/mol. The van der Waals surface area contributed by atoms with Crippen molar-refractivity contribution in [3.05, 3.63) is 111 Å². The van der Waals surface area contributed by atoms with Gasteiger partial charge in [0.05, 0.1) is 17.6 Å². The predicted molar refractivity (Wildman–Crippen MR) is 146 cm³/mol. The number of rotatable bonds is 6. The molecule has 0 unspecified atom stereocenters. The Morgan fingerprint density at radius 2 is 1.76 bits per heavy atom. The maximum atomic E-state index is 13.6. The first-order valence-corrected chi connectivity index (χ1v) is 12.5. The van der Waals surface area contributed by atoms with E-state index in [4.69, 9.17) is 11.6 Å². The van der Waals surface area contributed by atoms with Crippen molar-refractivity contribution in [3.63, 3.8) is 0 Å². The second kappa shape index (κ2) is 10.8. The van der Waals surface area contributed by atoms with Crippen molar-refractivity contribution in [2.45, 2.75) is 13.5 Å². The van der Waals surface area contributed by atoms with Crippen LogP contribution in [0.2, 0.25) is 5.02 Å². The lowest BCUT2D eigenvalue weighted by Crippen LogP contribution is -2.49. The molecule has 1 amide bonds.